The van der Waals surface area contributed by atoms with E-state index < -0.39 is 0 Å². The van der Waals surface area contributed by atoms with Crippen molar-refractivity contribution >= 4 is 62.2 Å². The molecule has 0 unspecified atom stereocenters. The van der Waals surface area contributed by atoms with Crippen LogP contribution >= 0.6 is 46.1 Å². The quantitative estimate of drug-likeness (QED) is 0.622. The summed E-state index contributed by atoms with van der Waals surface area (Å²) in [5, 5.41) is 4.73. The number of thiophene rings is 1. The molecule has 0 atom stereocenters. The van der Waals surface area contributed by atoms with Crippen molar-refractivity contribution in [3.8, 4) is 0 Å². The van der Waals surface area contributed by atoms with Crippen LogP contribution in [0.25, 0.3) is 10.2 Å². The smallest absolute Gasteiger partial charge is 0.224 e. The monoisotopic (exact) mass is 357 g/mol. The molecule has 21 heavy (non-hydrogen) atoms. The van der Waals surface area contributed by atoms with Gasteiger partial charge in [0.25, 0.3) is 0 Å². The summed E-state index contributed by atoms with van der Waals surface area (Å²) >= 11 is 19.7. The number of nitrogens with zero attached hydrogens (tertiary/aromatic N) is 2. The fraction of sp³-hybridized carbons (Fsp3) is 0.143. The van der Waals surface area contributed by atoms with Crippen LogP contribution in [0.1, 0.15) is 10.4 Å². The number of aryl methyl sites for hydroxylation is 1. The third-order valence-corrected chi connectivity index (χ3v) is 4.73. The summed E-state index contributed by atoms with van der Waals surface area (Å²) < 4.78 is 0.988. The van der Waals surface area contributed by atoms with Crippen LogP contribution in [0, 0.1) is 6.92 Å². The minimum atomic E-state index is 0.227. The maximum atomic E-state index is 6.17. The molecule has 0 aliphatic carbocycles. The first-order chi connectivity index (χ1) is 10.0. The zero-order valence-corrected chi connectivity index (χ0v) is 14.0. The lowest BCUT2D eigenvalue weighted by molar-refractivity contribution is 1.11. The van der Waals surface area contributed by atoms with Gasteiger partial charge in [-0.25, -0.2) is 4.98 Å². The Balaban J connectivity index is 1.91. The molecule has 0 radical (unpaired) electrons. The second kappa shape index (κ2) is 5.97. The molecule has 0 aliphatic heterocycles. The highest BCUT2D eigenvalue weighted by molar-refractivity contribution is 7.19. The molecule has 3 aromatic rings. The minimum absolute atomic E-state index is 0.227. The molecule has 0 spiro atoms. The first kappa shape index (κ1) is 14.9. The average Bonchev–Trinajstić information content (AvgIpc) is 2.77. The van der Waals surface area contributed by atoms with E-state index in [1.807, 2.05) is 25.1 Å². The summed E-state index contributed by atoms with van der Waals surface area (Å²) in [5.74, 6) is 0.717. The zero-order chi connectivity index (χ0) is 15.0. The molecular formula is C14H10Cl3N3S. The number of aromatic nitrogens is 2. The summed E-state index contributed by atoms with van der Waals surface area (Å²) in [6.07, 6.45) is 0. The third kappa shape index (κ3) is 3.24. The highest BCUT2D eigenvalue weighted by Gasteiger charge is 2.10. The number of nitrogens with one attached hydrogen (secondary N) is 1. The highest BCUT2D eigenvalue weighted by Crippen LogP contribution is 2.31. The lowest BCUT2D eigenvalue weighted by atomic mass is 10.2. The van der Waals surface area contributed by atoms with Gasteiger partial charge in [0.05, 0.1) is 10.2 Å². The van der Waals surface area contributed by atoms with Crippen molar-refractivity contribution in [1.29, 1.82) is 0 Å². The molecule has 2 heterocycles. The second-order valence-corrected chi connectivity index (χ2v) is 6.94. The van der Waals surface area contributed by atoms with Crippen molar-refractivity contribution in [3.63, 3.8) is 0 Å². The molecule has 1 N–H and O–H groups in total. The van der Waals surface area contributed by atoms with E-state index in [1.54, 1.807) is 17.4 Å². The number of rotatable bonds is 3. The highest BCUT2D eigenvalue weighted by atomic mass is 35.5. The van der Waals surface area contributed by atoms with Crippen LogP contribution in [0.4, 0.5) is 5.82 Å². The predicted octanol–water partition coefficient (Wildman–Crippen LogP) is 5.57. The molecule has 0 saturated heterocycles. The topological polar surface area (TPSA) is 37.8 Å². The number of fused-ring (bicyclic) bond motifs is 1. The van der Waals surface area contributed by atoms with Crippen molar-refractivity contribution in [1.82, 2.24) is 9.97 Å². The molecule has 3 rings (SSSR count). The van der Waals surface area contributed by atoms with E-state index >= 15 is 0 Å². The van der Waals surface area contributed by atoms with Gasteiger partial charge in [-0.2, -0.15) is 4.98 Å². The molecule has 1 aromatic carbocycles. The zero-order valence-electron chi connectivity index (χ0n) is 11.0. The molecule has 108 valence electrons. The van der Waals surface area contributed by atoms with Crippen LogP contribution in [-0.4, -0.2) is 9.97 Å². The van der Waals surface area contributed by atoms with Gasteiger partial charge < -0.3 is 5.32 Å². The average molecular weight is 359 g/mol. The third-order valence-electron chi connectivity index (χ3n) is 2.93. The lowest BCUT2D eigenvalue weighted by Gasteiger charge is -2.08. The van der Waals surface area contributed by atoms with E-state index in [-0.39, 0.29) is 5.28 Å². The van der Waals surface area contributed by atoms with E-state index in [4.69, 9.17) is 34.8 Å². The van der Waals surface area contributed by atoms with Gasteiger partial charge in [0, 0.05) is 21.5 Å². The van der Waals surface area contributed by atoms with Crippen LogP contribution < -0.4 is 5.32 Å². The fourth-order valence-corrected chi connectivity index (χ4v) is 3.55. The van der Waals surface area contributed by atoms with Crippen LogP contribution in [0.5, 0.6) is 0 Å². The Morgan fingerprint density at radius 2 is 1.95 bits per heavy atom. The Morgan fingerprint density at radius 1 is 1.14 bits per heavy atom. The Kier molecular flexibility index (Phi) is 4.22. The van der Waals surface area contributed by atoms with Crippen molar-refractivity contribution in [3.05, 3.63) is 50.0 Å². The van der Waals surface area contributed by atoms with Gasteiger partial charge in [0.2, 0.25) is 5.28 Å². The molecule has 0 aliphatic rings. The molecule has 0 saturated carbocycles. The Hall–Kier alpha value is -1.07. The van der Waals surface area contributed by atoms with Crippen molar-refractivity contribution in [2.45, 2.75) is 13.5 Å². The van der Waals surface area contributed by atoms with Crippen molar-refractivity contribution in [2.75, 3.05) is 5.32 Å². The maximum Gasteiger partial charge on any atom is 0.224 e. The predicted molar refractivity (Wildman–Crippen MR) is 91.0 cm³/mol. The van der Waals surface area contributed by atoms with Gasteiger partial charge in [-0.3, -0.25) is 0 Å². The lowest BCUT2D eigenvalue weighted by Crippen LogP contribution is -2.03. The van der Waals surface area contributed by atoms with E-state index in [0.717, 1.165) is 20.7 Å². The summed E-state index contributed by atoms with van der Waals surface area (Å²) in [6.45, 7) is 2.56. The first-order valence-corrected chi connectivity index (χ1v) is 8.09. The Morgan fingerprint density at radius 3 is 2.71 bits per heavy atom. The Bertz CT molecular complexity index is 817. The summed E-state index contributed by atoms with van der Waals surface area (Å²) in [7, 11) is 0. The van der Waals surface area contributed by atoms with E-state index in [9.17, 15) is 0 Å². The number of anilines is 1. The summed E-state index contributed by atoms with van der Waals surface area (Å²) in [4.78, 5) is 9.65. The number of benzene rings is 1. The molecule has 3 nitrogen and oxygen atoms in total. The fourth-order valence-electron chi connectivity index (χ4n) is 1.98. The van der Waals surface area contributed by atoms with Gasteiger partial charge in [0.1, 0.15) is 5.82 Å². The minimum Gasteiger partial charge on any atom is -0.365 e. The molecule has 0 amide bonds. The molecule has 2 aromatic heterocycles. The molecule has 7 heteroatoms. The van der Waals surface area contributed by atoms with Gasteiger partial charge >= 0.3 is 0 Å². The number of hydrogen-bond acceptors (Lipinski definition) is 4. The number of hydrogen-bond donors (Lipinski definition) is 1. The van der Waals surface area contributed by atoms with Gasteiger partial charge in [-0.1, -0.05) is 29.3 Å². The van der Waals surface area contributed by atoms with Gasteiger partial charge in [0.15, 0.2) is 0 Å². The standard InChI is InChI=1S/C14H10Cl3N3S/c1-7-4-11-12(21-7)13(20-14(17)19-11)18-6-8-2-3-9(15)5-10(8)16/h2-5H,6H2,1H3,(H,18,19,20). The van der Waals surface area contributed by atoms with Gasteiger partial charge in [-0.05, 0) is 42.3 Å². The summed E-state index contributed by atoms with van der Waals surface area (Å²) in [6, 6.07) is 7.41. The second-order valence-electron chi connectivity index (χ2n) is 4.50. The van der Waals surface area contributed by atoms with Crippen LogP contribution in [-0.2, 0) is 6.54 Å². The van der Waals surface area contributed by atoms with E-state index in [1.165, 1.54) is 0 Å². The van der Waals surface area contributed by atoms with Crippen LogP contribution in [0.15, 0.2) is 24.3 Å². The normalized spacial score (nSPS) is 11.0. The molecule has 0 bridgehead atoms. The first-order valence-electron chi connectivity index (χ1n) is 6.14. The SMILES string of the molecule is Cc1cc2nc(Cl)nc(NCc3ccc(Cl)cc3Cl)c2s1. The van der Waals surface area contributed by atoms with Crippen molar-refractivity contribution < 1.29 is 0 Å². The van der Waals surface area contributed by atoms with Crippen LogP contribution in [0.2, 0.25) is 15.3 Å². The molecule has 0 fully saturated rings. The largest absolute Gasteiger partial charge is 0.365 e. The Labute approximate surface area is 140 Å². The van der Waals surface area contributed by atoms with Gasteiger partial charge in [-0.15, -0.1) is 11.3 Å². The van der Waals surface area contributed by atoms with E-state index in [2.05, 4.69) is 15.3 Å². The molecular weight excluding hydrogens is 349 g/mol. The van der Waals surface area contributed by atoms with Crippen LogP contribution in [0.3, 0.4) is 0 Å². The summed E-state index contributed by atoms with van der Waals surface area (Å²) in [5.41, 5.74) is 1.79. The number of halogens is 3. The maximum absolute atomic E-state index is 6.17. The van der Waals surface area contributed by atoms with E-state index in [0.29, 0.717) is 22.4 Å². The van der Waals surface area contributed by atoms with Crippen molar-refractivity contribution in [2.24, 2.45) is 0 Å².